The van der Waals surface area contributed by atoms with Crippen molar-refractivity contribution in [1.29, 1.82) is 0 Å². The largest absolute Gasteiger partial charge is 0.491 e. The van der Waals surface area contributed by atoms with Crippen LogP contribution in [0.4, 0.5) is 0 Å². The van der Waals surface area contributed by atoms with E-state index >= 15 is 0 Å². The summed E-state index contributed by atoms with van der Waals surface area (Å²) in [6.45, 7) is 3.60. The van der Waals surface area contributed by atoms with Crippen molar-refractivity contribution >= 4 is 0 Å². The first kappa shape index (κ1) is 13.9. The lowest BCUT2D eigenvalue weighted by molar-refractivity contribution is 0.0679. The molecule has 1 heterocycles. The average molecular weight is 260 g/mol. The monoisotopic (exact) mass is 260 g/mol. The maximum absolute atomic E-state index is 8.70. The Bertz CT molecular complexity index is 465. The molecule has 1 aliphatic rings. The molecule has 1 aromatic carbocycles. The molecule has 1 atom stereocenters. The average Bonchev–Trinajstić information content (AvgIpc) is 2.92. The number of aryl methyl sites for hydroxylation is 1. The van der Waals surface area contributed by atoms with Crippen LogP contribution in [0.1, 0.15) is 30.4 Å². The van der Waals surface area contributed by atoms with Crippen LogP contribution in [-0.2, 0) is 4.74 Å². The van der Waals surface area contributed by atoms with Crippen LogP contribution in [0.25, 0.3) is 0 Å². The lowest BCUT2D eigenvalue weighted by atomic mass is 10.1. The van der Waals surface area contributed by atoms with Crippen molar-refractivity contribution in [3.05, 3.63) is 29.3 Å². The van der Waals surface area contributed by atoms with Crippen molar-refractivity contribution in [2.75, 3.05) is 19.8 Å². The predicted molar refractivity (Wildman–Crippen MR) is 74.2 cm³/mol. The zero-order valence-electron chi connectivity index (χ0n) is 11.3. The van der Waals surface area contributed by atoms with E-state index in [1.165, 1.54) is 0 Å². The molecule has 0 aromatic heterocycles. The van der Waals surface area contributed by atoms with Gasteiger partial charge in [-0.05, 0) is 43.5 Å². The maximum atomic E-state index is 8.70. The molecule has 0 radical (unpaired) electrons. The number of hydrogen-bond donors (Lipinski definition) is 1. The van der Waals surface area contributed by atoms with Gasteiger partial charge in [-0.25, -0.2) is 0 Å². The van der Waals surface area contributed by atoms with E-state index < -0.39 is 0 Å². The van der Waals surface area contributed by atoms with Gasteiger partial charge < -0.3 is 14.6 Å². The van der Waals surface area contributed by atoms with Gasteiger partial charge in [0.2, 0.25) is 0 Å². The topological polar surface area (TPSA) is 38.7 Å². The molecule has 1 saturated heterocycles. The number of hydrogen-bond acceptors (Lipinski definition) is 3. The Balaban J connectivity index is 1.92. The second-order valence-corrected chi connectivity index (χ2v) is 4.70. The van der Waals surface area contributed by atoms with Crippen LogP contribution >= 0.6 is 0 Å². The first-order chi connectivity index (χ1) is 9.29. The van der Waals surface area contributed by atoms with E-state index in [1.54, 1.807) is 0 Å². The molecule has 1 unspecified atom stereocenters. The minimum atomic E-state index is 0.106. The van der Waals surface area contributed by atoms with E-state index in [2.05, 4.69) is 11.8 Å². The Morgan fingerprint density at radius 1 is 1.47 bits per heavy atom. The molecule has 0 saturated carbocycles. The summed E-state index contributed by atoms with van der Waals surface area (Å²) in [5.41, 5.74) is 2.08. The molecule has 1 N–H and O–H groups in total. The van der Waals surface area contributed by atoms with Gasteiger partial charge in [-0.2, -0.15) is 0 Å². The fourth-order valence-corrected chi connectivity index (χ4v) is 2.04. The highest BCUT2D eigenvalue weighted by atomic mass is 16.5. The molecular formula is C16H20O3. The third-order valence-electron chi connectivity index (χ3n) is 3.12. The lowest BCUT2D eigenvalue weighted by Crippen LogP contribution is -2.16. The molecule has 1 fully saturated rings. The Morgan fingerprint density at radius 2 is 2.37 bits per heavy atom. The fraction of sp³-hybridized carbons (Fsp3) is 0.500. The van der Waals surface area contributed by atoms with Crippen LogP contribution in [-0.4, -0.2) is 31.0 Å². The second kappa shape index (κ2) is 7.18. The van der Waals surface area contributed by atoms with Gasteiger partial charge in [0.1, 0.15) is 12.4 Å². The third-order valence-corrected chi connectivity index (χ3v) is 3.12. The number of benzene rings is 1. The molecule has 1 aliphatic heterocycles. The molecule has 2 rings (SSSR count). The SMILES string of the molecule is Cc1cc(OCC2CCCO2)ccc1C#CCCO. The summed E-state index contributed by atoms with van der Waals surface area (Å²) < 4.78 is 11.3. The van der Waals surface area contributed by atoms with Gasteiger partial charge in [0.15, 0.2) is 0 Å². The summed E-state index contributed by atoms with van der Waals surface area (Å²) >= 11 is 0. The van der Waals surface area contributed by atoms with E-state index in [4.69, 9.17) is 14.6 Å². The van der Waals surface area contributed by atoms with E-state index in [0.29, 0.717) is 13.0 Å². The molecule has 19 heavy (non-hydrogen) atoms. The van der Waals surface area contributed by atoms with Crippen LogP contribution in [0.5, 0.6) is 5.75 Å². The number of aliphatic hydroxyl groups is 1. The molecule has 0 spiro atoms. The third kappa shape index (κ3) is 4.27. The molecule has 3 nitrogen and oxygen atoms in total. The summed E-state index contributed by atoms with van der Waals surface area (Å²) in [5, 5.41) is 8.70. The van der Waals surface area contributed by atoms with Crippen molar-refractivity contribution in [2.45, 2.75) is 32.3 Å². The van der Waals surface area contributed by atoms with Crippen molar-refractivity contribution in [1.82, 2.24) is 0 Å². The van der Waals surface area contributed by atoms with Gasteiger partial charge in [0.05, 0.1) is 12.7 Å². The summed E-state index contributed by atoms with van der Waals surface area (Å²) in [7, 11) is 0. The van der Waals surface area contributed by atoms with E-state index in [1.807, 2.05) is 25.1 Å². The molecule has 0 amide bonds. The van der Waals surface area contributed by atoms with Crippen LogP contribution in [0.2, 0.25) is 0 Å². The lowest BCUT2D eigenvalue weighted by Gasteiger charge is -2.12. The van der Waals surface area contributed by atoms with Crippen molar-refractivity contribution in [2.24, 2.45) is 0 Å². The highest BCUT2D eigenvalue weighted by molar-refractivity contribution is 5.44. The van der Waals surface area contributed by atoms with Gasteiger partial charge in [-0.1, -0.05) is 11.8 Å². The van der Waals surface area contributed by atoms with Gasteiger partial charge >= 0.3 is 0 Å². The Kier molecular flexibility index (Phi) is 5.26. The van der Waals surface area contributed by atoms with Crippen LogP contribution in [0.3, 0.4) is 0 Å². The van der Waals surface area contributed by atoms with Crippen molar-refractivity contribution in [3.8, 4) is 17.6 Å². The van der Waals surface area contributed by atoms with Crippen LogP contribution in [0.15, 0.2) is 18.2 Å². The van der Waals surface area contributed by atoms with Crippen LogP contribution in [0, 0.1) is 18.8 Å². The zero-order chi connectivity index (χ0) is 13.5. The zero-order valence-corrected chi connectivity index (χ0v) is 11.3. The molecule has 0 bridgehead atoms. The Morgan fingerprint density at radius 3 is 3.05 bits per heavy atom. The standard InChI is InChI=1S/C16H20O3/c1-13-11-15(19-12-16-6-4-10-18-16)8-7-14(13)5-2-3-9-17/h7-8,11,16-17H,3-4,6,9-10,12H2,1H3. The predicted octanol–water partition coefficient (Wildman–Crippen LogP) is 2.29. The quantitative estimate of drug-likeness (QED) is 0.844. The Hall–Kier alpha value is -1.50. The number of ether oxygens (including phenoxy) is 2. The number of rotatable bonds is 4. The summed E-state index contributed by atoms with van der Waals surface area (Å²) in [6.07, 6.45) is 2.97. The highest BCUT2D eigenvalue weighted by Gasteiger charge is 2.15. The first-order valence-corrected chi connectivity index (χ1v) is 6.74. The van der Waals surface area contributed by atoms with Crippen molar-refractivity contribution < 1.29 is 14.6 Å². The summed E-state index contributed by atoms with van der Waals surface area (Å²) in [6, 6.07) is 5.90. The molecule has 102 valence electrons. The summed E-state index contributed by atoms with van der Waals surface area (Å²) in [5.74, 6) is 6.84. The minimum Gasteiger partial charge on any atom is -0.491 e. The normalized spacial score (nSPS) is 17.9. The molecule has 0 aliphatic carbocycles. The van der Waals surface area contributed by atoms with Crippen molar-refractivity contribution in [3.63, 3.8) is 0 Å². The van der Waals surface area contributed by atoms with Gasteiger partial charge in [0.25, 0.3) is 0 Å². The number of aliphatic hydroxyl groups excluding tert-OH is 1. The smallest absolute Gasteiger partial charge is 0.119 e. The Labute approximate surface area is 114 Å². The highest BCUT2D eigenvalue weighted by Crippen LogP contribution is 2.19. The summed E-state index contributed by atoms with van der Waals surface area (Å²) in [4.78, 5) is 0. The van der Waals surface area contributed by atoms with E-state index in [-0.39, 0.29) is 12.7 Å². The van der Waals surface area contributed by atoms with Crippen LogP contribution < -0.4 is 4.74 Å². The molecular weight excluding hydrogens is 240 g/mol. The minimum absolute atomic E-state index is 0.106. The molecule has 1 aromatic rings. The van der Waals surface area contributed by atoms with Gasteiger partial charge in [-0.3, -0.25) is 0 Å². The molecule has 3 heteroatoms. The maximum Gasteiger partial charge on any atom is 0.119 e. The van der Waals surface area contributed by atoms with Gasteiger partial charge in [0, 0.05) is 18.6 Å². The second-order valence-electron chi connectivity index (χ2n) is 4.70. The van der Waals surface area contributed by atoms with Gasteiger partial charge in [-0.15, -0.1) is 0 Å². The fourth-order valence-electron chi connectivity index (χ4n) is 2.04. The van der Waals surface area contributed by atoms with E-state index in [0.717, 1.165) is 36.3 Å². The van der Waals surface area contributed by atoms with E-state index in [9.17, 15) is 0 Å². The first-order valence-electron chi connectivity index (χ1n) is 6.74.